The first-order valence-corrected chi connectivity index (χ1v) is 9.88. The molecule has 1 fully saturated rings. The van der Waals surface area contributed by atoms with E-state index in [0.717, 1.165) is 41.1 Å². The number of hydrogen-bond acceptors (Lipinski definition) is 5. The fraction of sp³-hybridized carbons (Fsp3) is 0.381. The summed E-state index contributed by atoms with van der Waals surface area (Å²) in [6.45, 7) is 2.92. The minimum atomic E-state index is 0.375. The van der Waals surface area contributed by atoms with Crippen molar-refractivity contribution in [3.8, 4) is 11.4 Å². The molecule has 7 heteroatoms. The highest BCUT2D eigenvalue weighted by Crippen LogP contribution is 2.34. The topological polar surface area (TPSA) is 74.3 Å². The van der Waals surface area contributed by atoms with Gasteiger partial charge in [0.1, 0.15) is 6.33 Å². The van der Waals surface area contributed by atoms with Crippen molar-refractivity contribution in [2.75, 3.05) is 0 Å². The molecule has 0 aliphatic heterocycles. The maximum absolute atomic E-state index is 4.93. The lowest BCUT2D eigenvalue weighted by Crippen LogP contribution is -2.19. The molecule has 1 aliphatic carbocycles. The summed E-state index contributed by atoms with van der Waals surface area (Å²) in [6.07, 6.45) is 11.8. The maximum atomic E-state index is 4.93. The first kappa shape index (κ1) is 17.0. The number of nitrogens with zero attached hydrogens (tertiary/aromatic N) is 7. The van der Waals surface area contributed by atoms with Gasteiger partial charge in [0.05, 0.1) is 35.5 Å². The standard InChI is InChI=1S/C21H23N7/c1-15-5-4-6-17(9-15)28-21(16-10-22-13-23-11-16)25-20(26-28)12-27-14-24-18-7-2-3-8-19(18)27/h2-3,7-8,10-11,13-15,17H,4-6,9,12H2,1H3. The van der Waals surface area contributed by atoms with E-state index in [4.69, 9.17) is 10.1 Å². The Hall–Kier alpha value is -3.09. The summed E-state index contributed by atoms with van der Waals surface area (Å²) in [7, 11) is 0. The molecule has 28 heavy (non-hydrogen) atoms. The van der Waals surface area contributed by atoms with Gasteiger partial charge in [0.2, 0.25) is 0 Å². The zero-order valence-corrected chi connectivity index (χ0v) is 15.9. The van der Waals surface area contributed by atoms with Gasteiger partial charge in [-0.05, 0) is 30.9 Å². The number of imidazole rings is 1. The van der Waals surface area contributed by atoms with Gasteiger partial charge in [0.15, 0.2) is 11.6 Å². The van der Waals surface area contributed by atoms with Crippen LogP contribution in [0.2, 0.25) is 0 Å². The van der Waals surface area contributed by atoms with E-state index in [0.29, 0.717) is 18.5 Å². The highest BCUT2D eigenvalue weighted by Gasteiger charge is 2.25. The predicted molar refractivity (Wildman–Crippen MR) is 107 cm³/mol. The van der Waals surface area contributed by atoms with Crippen molar-refractivity contribution >= 4 is 11.0 Å². The number of fused-ring (bicyclic) bond motifs is 1. The van der Waals surface area contributed by atoms with Crippen LogP contribution in [0.4, 0.5) is 0 Å². The van der Waals surface area contributed by atoms with Gasteiger partial charge in [-0.15, -0.1) is 0 Å². The molecule has 142 valence electrons. The number of hydrogen-bond donors (Lipinski definition) is 0. The second-order valence-corrected chi connectivity index (χ2v) is 7.71. The lowest BCUT2D eigenvalue weighted by Gasteiger charge is -2.27. The van der Waals surface area contributed by atoms with Crippen molar-refractivity contribution in [1.29, 1.82) is 0 Å². The summed E-state index contributed by atoms with van der Waals surface area (Å²) in [5.41, 5.74) is 2.99. The molecule has 1 aliphatic rings. The molecule has 3 heterocycles. The van der Waals surface area contributed by atoms with Gasteiger partial charge in [0, 0.05) is 12.4 Å². The molecule has 0 amide bonds. The summed E-state index contributed by atoms with van der Waals surface area (Å²) in [4.78, 5) is 17.7. The van der Waals surface area contributed by atoms with E-state index >= 15 is 0 Å². The SMILES string of the molecule is CC1CCCC(n2nc(Cn3cnc4ccccc43)nc2-c2cncnc2)C1. The second kappa shape index (κ2) is 7.14. The molecule has 0 N–H and O–H groups in total. The van der Waals surface area contributed by atoms with Crippen molar-refractivity contribution in [1.82, 2.24) is 34.3 Å². The Labute approximate surface area is 163 Å². The quantitative estimate of drug-likeness (QED) is 0.543. The fourth-order valence-electron chi connectivity index (χ4n) is 4.21. The highest BCUT2D eigenvalue weighted by molar-refractivity contribution is 5.75. The average Bonchev–Trinajstić information content (AvgIpc) is 3.34. The molecule has 7 nitrogen and oxygen atoms in total. The molecule has 2 unspecified atom stereocenters. The Bertz CT molecular complexity index is 1080. The zero-order chi connectivity index (χ0) is 18.9. The second-order valence-electron chi connectivity index (χ2n) is 7.71. The Kier molecular flexibility index (Phi) is 4.35. The van der Waals surface area contributed by atoms with E-state index in [-0.39, 0.29) is 0 Å². The molecule has 0 bridgehead atoms. The monoisotopic (exact) mass is 373 g/mol. The first-order valence-electron chi connectivity index (χ1n) is 9.88. The highest BCUT2D eigenvalue weighted by atomic mass is 15.4. The van der Waals surface area contributed by atoms with Crippen molar-refractivity contribution < 1.29 is 0 Å². The molecule has 1 aromatic carbocycles. The van der Waals surface area contributed by atoms with E-state index in [1.54, 1.807) is 6.33 Å². The molecule has 2 atom stereocenters. The first-order chi connectivity index (χ1) is 13.8. The van der Waals surface area contributed by atoms with Gasteiger partial charge >= 0.3 is 0 Å². The average molecular weight is 373 g/mol. The summed E-state index contributed by atoms with van der Waals surface area (Å²) in [6, 6.07) is 8.51. The number of aromatic nitrogens is 7. The maximum Gasteiger partial charge on any atom is 0.171 e. The van der Waals surface area contributed by atoms with Gasteiger partial charge in [-0.2, -0.15) is 5.10 Å². The molecular weight excluding hydrogens is 350 g/mol. The Morgan fingerprint density at radius 3 is 2.82 bits per heavy atom. The van der Waals surface area contributed by atoms with Crippen LogP contribution in [0.5, 0.6) is 0 Å². The van der Waals surface area contributed by atoms with Crippen molar-refractivity contribution in [3.63, 3.8) is 0 Å². The van der Waals surface area contributed by atoms with E-state index in [2.05, 4.69) is 37.2 Å². The van der Waals surface area contributed by atoms with Gasteiger partial charge in [-0.25, -0.2) is 24.6 Å². The summed E-state index contributed by atoms with van der Waals surface area (Å²) in [5.74, 6) is 2.36. The Morgan fingerprint density at radius 2 is 1.96 bits per heavy atom. The van der Waals surface area contributed by atoms with Crippen molar-refractivity contribution in [2.24, 2.45) is 5.92 Å². The molecule has 0 radical (unpaired) electrons. The minimum absolute atomic E-state index is 0.375. The van der Waals surface area contributed by atoms with Gasteiger partial charge in [-0.1, -0.05) is 31.9 Å². The lowest BCUT2D eigenvalue weighted by atomic mass is 9.87. The third-order valence-electron chi connectivity index (χ3n) is 5.59. The summed E-state index contributed by atoms with van der Waals surface area (Å²) < 4.78 is 4.21. The van der Waals surface area contributed by atoms with Crippen LogP contribution in [0.25, 0.3) is 22.4 Å². The third-order valence-corrected chi connectivity index (χ3v) is 5.59. The van der Waals surface area contributed by atoms with Crippen LogP contribution in [0.1, 0.15) is 44.5 Å². The van der Waals surface area contributed by atoms with Crippen LogP contribution in [0.15, 0.2) is 49.3 Å². The third kappa shape index (κ3) is 3.17. The Balaban J connectivity index is 1.54. The molecule has 4 aromatic rings. The molecular formula is C21H23N7. The molecule has 5 rings (SSSR count). The molecule has 1 saturated carbocycles. The number of rotatable bonds is 4. The lowest BCUT2D eigenvalue weighted by molar-refractivity contribution is 0.267. The van der Waals surface area contributed by atoms with E-state index in [1.165, 1.54) is 12.8 Å². The van der Waals surface area contributed by atoms with E-state index in [1.807, 2.05) is 36.9 Å². The Morgan fingerprint density at radius 1 is 1.11 bits per heavy atom. The van der Waals surface area contributed by atoms with Crippen LogP contribution in [-0.2, 0) is 6.54 Å². The van der Waals surface area contributed by atoms with Crippen LogP contribution in [-0.4, -0.2) is 34.3 Å². The largest absolute Gasteiger partial charge is 0.323 e. The number of para-hydroxylation sites is 2. The van der Waals surface area contributed by atoms with Crippen LogP contribution < -0.4 is 0 Å². The summed E-state index contributed by atoms with van der Waals surface area (Å²) >= 11 is 0. The van der Waals surface area contributed by atoms with Crippen molar-refractivity contribution in [2.45, 2.75) is 45.2 Å². The zero-order valence-electron chi connectivity index (χ0n) is 15.9. The predicted octanol–water partition coefficient (Wildman–Crippen LogP) is 3.88. The van der Waals surface area contributed by atoms with Crippen LogP contribution in [0, 0.1) is 5.92 Å². The molecule has 0 saturated heterocycles. The van der Waals surface area contributed by atoms with Crippen LogP contribution in [0.3, 0.4) is 0 Å². The normalized spacial score (nSPS) is 19.9. The fourth-order valence-corrected chi connectivity index (χ4v) is 4.21. The van der Waals surface area contributed by atoms with E-state index in [9.17, 15) is 0 Å². The van der Waals surface area contributed by atoms with Gasteiger partial charge in [-0.3, -0.25) is 0 Å². The van der Waals surface area contributed by atoms with Gasteiger partial charge in [0.25, 0.3) is 0 Å². The van der Waals surface area contributed by atoms with E-state index < -0.39 is 0 Å². The summed E-state index contributed by atoms with van der Waals surface area (Å²) in [5, 5.41) is 4.93. The number of benzene rings is 1. The smallest absolute Gasteiger partial charge is 0.171 e. The molecule has 0 spiro atoms. The minimum Gasteiger partial charge on any atom is -0.323 e. The molecule has 3 aromatic heterocycles. The van der Waals surface area contributed by atoms with Crippen LogP contribution >= 0.6 is 0 Å². The van der Waals surface area contributed by atoms with Crippen molar-refractivity contribution in [3.05, 3.63) is 55.1 Å². The van der Waals surface area contributed by atoms with Gasteiger partial charge < -0.3 is 4.57 Å².